The lowest BCUT2D eigenvalue weighted by Gasteiger charge is -2.12. The fraction of sp³-hybridized carbons (Fsp3) is 0. The molecule has 0 fully saturated rings. The first-order valence-corrected chi connectivity index (χ1v) is 17.4. The van der Waals surface area contributed by atoms with E-state index in [-0.39, 0.29) is 0 Å². The molecule has 0 N–H and O–H groups in total. The number of fused-ring (bicyclic) bond motifs is 9. The van der Waals surface area contributed by atoms with E-state index in [1.807, 2.05) is 66.7 Å². The van der Waals surface area contributed by atoms with Crippen LogP contribution in [-0.4, -0.2) is 15.0 Å². The molecular weight excluding hydrogens is 639 g/mol. The molecule has 0 bridgehead atoms. The van der Waals surface area contributed by atoms with Gasteiger partial charge in [-0.25, -0.2) is 15.0 Å². The van der Waals surface area contributed by atoms with E-state index in [0.29, 0.717) is 17.5 Å². The molecule has 3 heterocycles. The average Bonchev–Trinajstić information content (AvgIpc) is 3.79. The Morgan fingerprint density at radius 3 is 1.85 bits per heavy atom. The molecule has 0 spiro atoms. The second-order valence-corrected chi connectivity index (χ2v) is 13.1. The van der Waals surface area contributed by atoms with Gasteiger partial charge in [0.2, 0.25) is 0 Å². The Bertz CT molecular complexity index is 3190. The van der Waals surface area contributed by atoms with Crippen LogP contribution in [0, 0.1) is 0 Å². The third-order valence-electron chi connectivity index (χ3n) is 10.1. The average molecular weight is 666 g/mol. The minimum Gasteiger partial charge on any atom is -0.456 e. The summed E-state index contributed by atoms with van der Waals surface area (Å²) in [5.41, 5.74) is 8.17. The van der Waals surface area contributed by atoms with E-state index < -0.39 is 0 Å². The van der Waals surface area contributed by atoms with Crippen LogP contribution in [0.2, 0.25) is 0 Å². The Morgan fingerprint density at radius 2 is 0.962 bits per heavy atom. The van der Waals surface area contributed by atoms with E-state index >= 15 is 0 Å². The van der Waals surface area contributed by atoms with Crippen LogP contribution in [0.15, 0.2) is 173 Å². The number of aromatic nitrogens is 3. The highest BCUT2D eigenvalue weighted by molar-refractivity contribution is 6.16. The number of nitrogens with zero attached hydrogens (tertiary/aromatic N) is 3. The van der Waals surface area contributed by atoms with Crippen molar-refractivity contribution in [2.24, 2.45) is 0 Å². The first-order valence-electron chi connectivity index (χ1n) is 17.4. The van der Waals surface area contributed by atoms with Gasteiger partial charge in [-0.1, -0.05) is 133 Å². The van der Waals surface area contributed by atoms with Crippen LogP contribution in [-0.2, 0) is 0 Å². The van der Waals surface area contributed by atoms with Gasteiger partial charge in [-0.15, -0.1) is 0 Å². The summed E-state index contributed by atoms with van der Waals surface area (Å²) >= 11 is 0. The highest BCUT2D eigenvalue weighted by atomic mass is 16.3. The number of hydrogen-bond acceptors (Lipinski definition) is 5. The van der Waals surface area contributed by atoms with Gasteiger partial charge in [-0.05, 0) is 57.4 Å². The van der Waals surface area contributed by atoms with E-state index in [2.05, 4.69) is 97.1 Å². The normalized spacial score (nSPS) is 11.8. The molecule has 0 unspecified atom stereocenters. The first-order chi connectivity index (χ1) is 25.8. The zero-order valence-electron chi connectivity index (χ0n) is 27.7. The smallest absolute Gasteiger partial charge is 0.164 e. The standard InChI is InChI=1S/C47H27N3O2/c1-2-12-28(13-3-1)45-48-46(50-47(49-45)39-27-29-14-4-5-15-31(29)33-16-6-7-17-34(33)39)37-21-11-23-42-43(37)36-20-10-19-32(44(36)52-42)30-24-25-41-38(26-30)35-18-8-9-22-40(35)51-41/h1-27H. The van der Waals surface area contributed by atoms with E-state index in [1.54, 1.807) is 0 Å². The lowest BCUT2D eigenvalue weighted by atomic mass is 9.96. The van der Waals surface area contributed by atoms with E-state index in [9.17, 15) is 0 Å². The largest absolute Gasteiger partial charge is 0.456 e. The molecule has 11 rings (SSSR count). The summed E-state index contributed by atoms with van der Waals surface area (Å²) < 4.78 is 12.9. The maximum Gasteiger partial charge on any atom is 0.164 e. The van der Waals surface area contributed by atoms with Crippen LogP contribution in [0.5, 0.6) is 0 Å². The summed E-state index contributed by atoms with van der Waals surface area (Å²) in [5, 5.41) is 8.73. The van der Waals surface area contributed by atoms with Crippen LogP contribution in [0.25, 0.3) is 111 Å². The number of para-hydroxylation sites is 2. The fourth-order valence-electron chi connectivity index (χ4n) is 7.73. The molecule has 11 aromatic rings. The second-order valence-electron chi connectivity index (χ2n) is 13.1. The van der Waals surface area contributed by atoms with Gasteiger partial charge >= 0.3 is 0 Å². The van der Waals surface area contributed by atoms with Crippen molar-refractivity contribution < 1.29 is 8.83 Å². The minimum atomic E-state index is 0.589. The second kappa shape index (κ2) is 11.2. The molecule has 0 aliphatic carbocycles. The van der Waals surface area contributed by atoms with Gasteiger partial charge in [-0.2, -0.15) is 0 Å². The zero-order chi connectivity index (χ0) is 34.2. The minimum absolute atomic E-state index is 0.589. The maximum atomic E-state index is 6.72. The van der Waals surface area contributed by atoms with Crippen molar-refractivity contribution in [3.05, 3.63) is 164 Å². The van der Waals surface area contributed by atoms with E-state index in [1.165, 1.54) is 5.39 Å². The van der Waals surface area contributed by atoms with Gasteiger partial charge < -0.3 is 8.83 Å². The SMILES string of the molecule is c1ccc(-c2nc(-c3cc4ccccc4c4ccccc34)nc(-c3cccc4oc5c(-c6ccc7oc8ccccc8c7c6)cccc5c34)n2)cc1. The summed E-state index contributed by atoms with van der Waals surface area (Å²) in [6, 6.07) is 56.2. The van der Waals surface area contributed by atoms with Gasteiger partial charge in [0.15, 0.2) is 17.5 Å². The highest BCUT2D eigenvalue weighted by Crippen LogP contribution is 2.42. The molecule has 0 radical (unpaired) electrons. The van der Waals surface area contributed by atoms with Crippen LogP contribution in [0.4, 0.5) is 0 Å². The molecule has 242 valence electrons. The molecule has 0 aliphatic heterocycles. The summed E-state index contributed by atoms with van der Waals surface area (Å²) in [6.07, 6.45) is 0. The predicted molar refractivity (Wildman–Crippen MR) is 211 cm³/mol. The Balaban J connectivity index is 1.15. The topological polar surface area (TPSA) is 65.0 Å². The Hall–Kier alpha value is -7.11. The molecule has 5 heteroatoms. The van der Waals surface area contributed by atoms with Crippen LogP contribution in [0.1, 0.15) is 0 Å². The summed E-state index contributed by atoms with van der Waals surface area (Å²) in [5.74, 6) is 1.83. The fourth-order valence-corrected chi connectivity index (χ4v) is 7.73. The molecule has 8 aromatic carbocycles. The van der Waals surface area contributed by atoms with E-state index in [4.69, 9.17) is 23.8 Å². The molecule has 0 atom stereocenters. The summed E-state index contributed by atoms with van der Waals surface area (Å²) in [6.45, 7) is 0. The number of furan rings is 2. The van der Waals surface area contributed by atoms with Crippen molar-refractivity contribution in [3.63, 3.8) is 0 Å². The van der Waals surface area contributed by atoms with Crippen LogP contribution >= 0.6 is 0 Å². The molecule has 3 aromatic heterocycles. The molecule has 0 saturated carbocycles. The van der Waals surface area contributed by atoms with Gasteiger partial charge in [-0.3, -0.25) is 0 Å². The molecule has 0 aliphatic rings. The van der Waals surface area contributed by atoms with Crippen molar-refractivity contribution in [2.45, 2.75) is 0 Å². The third kappa shape index (κ3) is 4.39. The molecule has 0 amide bonds. The quantitative estimate of drug-likeness (QED) is 0.175. The summed E-state index contributed by atoms with van der Waals surface area (Å²) in [7, 11) is 0. The zero-order valence-corrected chi connectivity index (χ0v) is 27.7. The van der Waals surface area contributed by atoms with Crippen molar-refractivity contribution in [1.29, 1.82) is 0 Å². The molecule has 5 nitrogen and oxygen atoms in total. The first kappa shape index (κ1) is 28.7. The number of rotatable bonds is 4. The molecule has 0 saturated heterocycles. The lowest BCUT2D eigenvalue weighted by Crippen LogP contribution is -2.01. The predicted octanol–water partition coefficient (Wildman–Crippen LogP) is 12.6. The van der Waals surface area contributed by atoms with Gasteiger partial charge in [0.1, 0.15) is 22.3 Å². The monoisotopic (exact) mass is 665 g/mol. The van der Waals surface area contributed by atoms with E-state index in [0.717, 1.165) is 87.9 Å². The Kier molecular flexibility index (Phi) is 6.18. The van der Waals surface area contributed by atoms with Crippen molar-refractivity contribution in [3.8, 4) is 45.3 Å². The van der Waals surface area contributed by atoms with Gasteiger partial charge in [0.25, 0.3) is 0 Å². The number of hydrogen-bond donors (Lipinski definition) is 0. The Morgan fingerprint density at radius 1 is 0.327 bits per heavy atom. The van der Waals surface area contributed by atoms with Gasteiger partial charge in [0.05, 0.1) is 0 Å². The van der Waals surface area contributed by atoms with Gasteiger partial charge in [0, 0.05) is 43.8 Å². The third-order valence-corrected chi connectivity index (χ3v) is 10.1. The van der Waals surface area contributed by atoms with Crippen LogP contribution in [0.3, 0.4) is 0 Å². The van der Waals surface area contributed by atoms with Crippen LogP contribution < -0.4 is 0 Å². The highest BCUT2D eigenvalue weighted by Gasteiger charge is 2.21. The lowest BCUT2D eigenvalue weighted by molar-refractivity contribution is 0.668. The summed E-state index contributed by atoms with van der Waals surface area (Å²) in [4.78, 5) is 15.5. The van der Waals surface area contributed by atoms with Crippen molar-refractivity contribution >= 4 is 65.4 Å². The van der Waals surface area contributed by atoms with Crippen molar-refractivity contribution in [2.75, 3.05) is 0 Å². The molecule has 52 heavy (non-hydrogen) atoms. The maximum absolute atomic E-state index is 6.72. The Labute approximate surface area is 297 Å². The number of benzene rings is 8. The van der Waals surface area contributed by atoms with Crippen molar-refractivity contribution in [1.82, 2.24) is 15.0 Å². The molecular formula is C47H27N3O2.